The Bertz CT molecular complexity index is 399. The lowest BCUT2D eigenvalue weighted by molar-refractivity contribution is -0.127. The monoisotopic (exact) mass is 252 g/mol. The van der Waals surface area contributed by atoms with Crippen molar-refractivity contribution >= 4 is 11.6 Å². The zero-order chi connectivity index (χ0) is 13.8. The van der Waals surface area contributed by atoms with Crippen LogP contribution in [0.4, 0.5) is 10.1 Å². The molecule has 18 heavy (non-hydrogen) atoms. The summed E-state index contributed by atoms with van der Waals surface area (Å²) in [5.41, 5.74) is 5.85. The van der Waals surface area contributed by atoms with Gasteiger partial charge in [0.05, 0.1) is 5.41 Å². The molecule has 1 unspecified atom stereocenters. The highest BCUT2D eigenvalue weighted by Gasteiger charge is 2.33. The second-order valence-electron chi connectivity index (χ2n) is 4.64. The molecule has 0 aliphatic rings. The zero-order valence-corrected chi connectivity index (χ0v) is 11.2. The topological polar surface area (TPSA) is 46.3 Å². The number of anilines is 1. The zero-order valence-electron chi connectivity index (χ0n) is 11.2. The van der Waals surface area contributed by atoms with E-state index < -0.39 is 5.41 Å². The van der Waals surface area contributed by atoms with E-state index in [0.29, 0.717) is 25.2 Å². The van der Waals surface area contributed by atoms with Gasteiger partial charge in [-0.05, 0) is 44.5 Å². The first kappa shape index (κ1) is 14.6. The third-order valence-corrected chi connectivity index (χ3v) is 3.45. The summed E-state index contributed by atoms with van der Waals surface area (Å²) in [7, 11) is 0. The molecule has 1 rings (SSSR count). The molecular weight excluding hydrogens is 231 g/mol. The normalized spacial score (nSPS) is 14.1. The van der Waals surface area contributed by atoms with Gasteiger partial charge in [0.1, 0.15) is 5.82 Å². The predicted molar refractivity (Wildman–Crippen MR) is 71.9 cm³/mol. The number of carbonyl (C=O) groups excluding carboxylic acids is 1. The molecule has 1 atom stereocenters. The fourth-order valence-corrected chi connectivity index (χ4v) is 1.77. The summed E-state index contributed by atoms with van der Waals surface area (Å²) in [6.07, 6.45) is 0.681. The molecule has 0 aliphatic carbocycles. The minimum absolute atomic E-state index is 0.0124. The van der Waals surface area contributed by atoms with Gasteiger partial charge in [0.2, 0.25) is 5.91 Å². The minimum atomic E-state index is -0.565. The maximum atomic E-state index is 12.9. The number of hydrogen-bond acceptors (Lipinski definition) is 2. The molecule has 3 nitrogen and oxygen atoms in total. The molecule has 2 N–H and O–H groups in total. The van der Waals surface area contributed by atoms with Crippen LogP contribution in [0.5, 0.6) is 0 Å². The molecule has 4 heteroatoms. The first-order valence-electron chi connectivity index (χ1n) is 6.26. The molecule has 1 amide bonds. The van der Waals surface area contributed by atoms with Crippen LogP contribution in [0, 0.1) is 11.2 Å². The molecule has 0 bridgehead atoms. The number of nitrogens with two attached hydrogens (primary N) is 1. The first-order chi connectivity index (χ1) is 8.48. The SMILES string of the molecule is CCN(C(=O)C(C)(CC)CN)c1ccc(F)cc1. The number of hydrogen-bond donors (Lipinski definition) is 1. The molecule has 0 aromatic heterocycles. The van der Waals surface area contributed by atoms with Crippen molar-refractivity contribution in [2.75, 3.05) is 18.0 Å². The van der Waals surface area contributed by atoms with Crippen LogP contribution in [0.1, 0.15) is 27.2 Å². The molecule has 0 spiro atoms. The van der Waals surface area contributed by atoms with Gasteiger partial charge in [-0.25, -0.2) is 4.39 Å². The van der Waals surface area contributed by atoms with Crippen LogP contribution in [0.2, 0.25) is 0 Å². The van der Waals surface area contributed by atoms with Crippen molar-refractivity contribution < 1.29 is 9.18 Å². The lowest BCUT2D eigenvalue weighted by Gasteiger charge is -2.32. The van der Waals surface area contributed by atoms with Crippen molar-refractivity contribution in [3.05, 3.63) is 30.1 Å². The number of rotatable bonds is 5. The van der Waals surface area contributed by atoms with Gasteiger partial charge in [0.15, 0.2) is 0 Å². The van der Waals surface area contributed by atoms with Crippen molar-refractivity contribution in [3.8, 4) is 0 Å². The van der Waals surface area contributed by atoms with Gasteiger partial charge < -0.3 is 10.6 Å². The van der Waals surface area contributed by atoms with E-state index in [1.54, 1.807) is 17.0 Å². The lowest BCUT2D eigenvalue weighted by Crippen LogP contribution is -2.46. The van der Waals surface area contributed by atoms with Crippen LogP contribution in [-0.4, -0.2) is 19.0 Å². The molecule has 1 aromatic carbocycles. The maximum absolute atomic E-state index is 12.9. The van der Waals surface area contributed by atoms with Gasteiger partial charge >= 0.3 is 0 Å². The van der Waals surface area contributed by atoms with Gasteiger partial charge in [-0.15, -0.1) is 0 Å². The second kappa shape index (κ2) is 5.96. The van der Waals surface area contributed by atoms with Crippen molar-refractivity contribution in [1.82, 2.24) is 0 Å². The molecule has 1 aromatic rings. The van der Waals surface area contributed by atoms with Gasteiger partial charge in [-0.2, -0.15) is 0 Å². The summed E-state index contributed by atoms with van der Waals surface area (Å²) in [4.78, 5) is 14.1. The van der Waals surface area contributed by atoms with E-state index in [-0.39, 0.29) is 11.7 Å². The Morgan fingerprint density at radius 1 is 1.33 bits per heavy atom. The van der Waals surface area contributed by atoms with Gasteiger partial charge in [0.25, 0.3) is 0 Å². The third kappa shape index (κ3) is 2.88. The Labute approximate surface area is 108 Å². The largest absolute Gasteiger partial charge is 0.329 e. The summed E-state index contributed by atoms with van der Waals surface area (Å²) in [5.74, 6) is -0.319. The molecule has 0 aliphatic heterocycles. The highest BCUT2D eigenvalue weighted by molar-refractivity contribution is 5.97. The number of benzene rings is 1. The Balaban J connectivity index is 3.03. The first-order valence-corrected chi connectivity index (χ1v) is 6.26. The number of carbonyl (C=O) groups is 1. The standard InChI is InChI=1S/C14H21FN2O/c1-4-14(3,10-16)13(18)17(5-2)12-8-6-11(15)7-9-12/h6-9H,4-5,10,16H2,1-3H3. The number of amides is 1. The highest BCUT2D eigenvalue weighted by Crippen LogP contribution is 2.26. The van der Waals surface area contributed by atoms with Crippen LogP contribution in [0.15, 0.2) is 24.3 Å². The van der Waals surface area contributed by atoms with E-state index in [1.807, 2.05) is 20.8 Å². The van der Waals surface area contributed by atoms with E-state index >= 15 is 0 Å². The molecule has 0 saturated carbocycles. The summed E-state index contributed by atoms with van der Waals surface area (Å²) in [5, 5.41) is 0. The van der Waals surface area contributed by atoms with Crippen LogP contribution < -0.4 is 10.6 Å². The van der Waals surface area contributed by atoms with E-state index in [1.165, 1.54) is 12.1 Å². The van der Waals surface area contributed by atoms with Crippen molar-refractivity contribution in [1.29, 1.82) is 0 Å². The lowest BCUT2D eigenvalue weighted by atomic mass is 9.86. The Morgan fingerprint density at radius 3 is 2.28 bits per heavy atom. The van der Waals surface area contributed by atoms with Crippen molar-refractivity contribution in [2.45, 2.75) is 27.2 Å². The smallest absolute Gasteiger partial charge is 0.234 e. The number of halogens is 1. The summed E-state index contributed by atoms with van der Waals surface area (Å²) < 4.78 is 12.9. The third-order valence-electron chi connectivity index (χ3n) is 3.45. The molecule has 0 heterocycles. The molecule has 0 radical (unpaired) electrons. The molecule has 100 valence electrons. The van der Waals surface area contributed by atoms with Gasteiger partial charge in [0, 0.05) is 18.8 Å². The fraction of sp³-hybridized carbons (Fsp3) is 0.500. The van der Waals surface area contributed by atoms with E-state index in [2.05, 4.69) is 0 Å². The molecular formula is C14H21FN2O. The van der Waals surface area contributed by atoms with E-state index in [9.17, 15) is 9.18 Å². The van der Waals surface area contributed by atoms with Crippen molar-refractivity contribution in [2.24, 2.45) is 11.1 Å². The van der Waals surface area contributed by atoms with Crippen LogP contribution in [-0.2, 0) is 4.79 Å². The summed E-state index contributed by atoms with van der Waals surface area (Å²) >= 11 is 0. The predicted octanol–water partition coefficient (Wildman–Crippen LogP) is 2.55. The Hall–Kier alpha value is -1.42. The fourth-order valence-electron chi connectivity index (χ4n) is 1.77. The van der Waals surface area contributed by atoms with Crippen LogP contribution >= 0.6 is 0 Å². The average Bonchev–Trinajstić information content (AvgIpc) is 2.40. The van der Waals surface area contributed by atoms with Crippen molar-refractivity contribution in [3.63, 3.8) is 0 Å². The van der Waals surface area contributed by atoms with Gasteiger partial charge in [-0.1, -0.05) is 6.92 Å². The quantitative estimate of drug-likeness (QED) is 0.875. The molecule has 0 saturated heterocycles. The highest BCUT2D eigenvalue weighted by atomic mass is 19.1. The van der Waals surface area contributed by atoms with E-state index in [0.717, 1.165) is 0 Å². The minimum Gasteiger partial charge on any atom is -0.329 e. The Morgan fingerprint density at radius 2 is 1.89 bits per heavy atom. The second-order valence-corrected chi connectivity index (χ2v) is 4.64. The van der Waals surface area contributed by atoms with E-state index in [4.69, 9.17) is 5.73 Å². The maximum Gasteiger partial charge on any atom is 0.234 e. The summed E-state index contributed by atoms with van der Waals surface area (Å²) in [6.45, 7) is 6.55. The average molecular weight is 252 g/mol. The number of nitrogens with zero attached hydrogens (tertiary/aromatic N) is 1. The van der Waals surface area contributed by atoms with Gasteiger partial charge in [-0.3, -0.25) is 4.79 Å². The Kier molecular flexibility index (Phi) is 4.84. The molecule has 0 fully saturated rings. The van der Waals surface area contributed by atoms with Crippen LogP contribution in [0.3, 0.4) is 0 Å². The van der Waals surface area contributed by atoms with Crippen LogP contribution in [0.25, 0.3) is 0 Å². The summed E-state index contributed by atoms with van der Waals surface area (Å²) in [6, 6.07) is 5.95.